The van der Waals surface area contributed by atoms with Gasteiger partial charge in [0.15, 0.2) is 0 Å². The third-order valence-corrected chi connectivity index (χ3v) is 4.33. The number of nitrogens with one attached hydrogen (secondary N) is 1. The van der Waals surface area contributed by atoms with Gasteiger partial charge in [0, 0.05) is 17.8 Å². The van der Waals surface area contributed by atoms with Gasteiger partial charge in [-0.3, -0.25) is 4.79 Å². The monoisotopic (exact) mass is 365 g/mol. The SMILES string of the molecule is O=C(Nc1cccc2ccc(-n3cccc3)nc12)c1c(F)cccc1Cl. The molecule has 2 aromatic carbocycles. The third kappa shape index (κ3) is 2.93. The van der Waals surface area contributed by atoms with E-state index >= 15 is 0 Å². The Bertz CT molecular complexity index is 1090. The topological polar surface area (TPSA) is 46.9 Å². The lowest BCUT2D eigenvalue weighted by atomic mass is 10.1. The molecule has 128 valence electrons. The van der Waals surface area contributed by atoms with Crippen molar-refractivity contribution < 1.29 is 9.18 Å². The summed E-state index contributed by atoms with van der Waals surface area (Å²) < 4.78 is 15.9. The van der Waals surface area contributed by atoms with Crippen LogP contribution < -0.4 is 5.32 Å². The second-order valence-corrected chi connectivity index (χ2v) is 6.10. The predicted molar refractivity (Wildman–Crippen MR) is 100 cm³/mol. The molecule has 26 heavy (non-hydrogen) atoms. The van der Waals surface area contributed by atoms with E-state index in [4.69, 9.17) is 11.6 Å². The number of halogens is 2. The highest BCUT2D eigenvalue weighted by molar-refractivity contribution is 6.34. The molecule has 1 N–H and O–H groups in total. The summed E-state index contributed by atoms with van der Waals surface area (Å²) in [6, 6.07) is 17.2. The molecule has 0 radical (unpaired) electrons. The van der Waals surface area contributed by atoms with E-state index in [0.717, 1.165) is 5.39 Å². The first-order valence-electron chi connectivity index (χ1n) is 7.92. The van der Waals surface area contributed by atoms with Crippen LogP contribution in [-0.4, -0.2) is 15.5 Å². The number of nitrogens with zero attached hydrogens (tertiary/aromatic N) is 2. The van der Waals surface area contributed by atoms with E-state index < -0.39 is 11.7 Å². The van der Waals surface area contributed by atoms with Gasteiger partial charge in [0.05, 0.1) is 21.8 Å². The van der Waals surface area contributed by atoms with Crippen molar-refractivity contribution in [2.24, 2.45) is 0 Å². The van der Waals surface area contributed by atoms with Crippen LogP contribution >= 0.6 is 11.6 Å². The van der Waals surface area contributed by atoms with Gasteiger partial charge in [0.2, 0.25) is 0 Å². The zero-order valence-electron chi connectivity index (χ0n) is 13.5. The summed E-state index contributed by atoms with van der Waals surface area (Å²) in [5.41, 5.74) is 0.910. The summed E-state index contributed by atoms with van der Waals surface area (Å²) in [6.07, 6.45) is 3.77. The van der Waals surface area contributed by atoms with Gasteiger partial charge in [0.1, 0.15) is 11.6 Å². The van der Waals surface area contributed by atoms with E-state index in [9.17, 15) is 9.18 Å². The van der Waals surface area contributed by atoms with Gasteiger partial charge in [-0.15, -0.1) is 0 Å². The fourth-order valence-electron chi connectivity index (χ4n) is 2.77. The molecule has 0 aliphatic carbocycles. The minimum absolute atomic E-state index is 0.0590. The zero-order chi connectivity index (χ0) is 18.1. The molecular formula is C20H13ClFN3O. The van der Waals surface area contributed by atoms with Gasteiger partial charge in [-0.1, -0.05) is 29.8 Å². The highest BCUT2D eigenvalue weighted by Gasteiger charge is 2.17. The minimum atomic E-state index is -0.670. The van der Waals surface area contributed by atoms with Crippen molar-refractivity contribution in [2.45, 2.75) is 0 Å². The maximum absolute atomic E-state index is 14.0. The number of benzene rings is 2. The smallest absolute Gasteiger partial charge is 0.260 e. The van der Waals surface area contributed by atoms with E-state index in [1.54, 1.807) is 12.1 Å². The molecule has 0 atom stereocenters. The number of anilines is 1. The van der Waals surface area contributed by atoms with Crippen LogP contribution in [0.1, 0.15) is 10.4 Å². The second-order valence-electron chi connectivity index (χ2n) is 5.69. The summed E-state index contributed by atoms with van der Waals surface area (Å²) in [4.78, 5) is 17.2. The van der Waals surface area contributed by atoms with Crippen LogP contribution in [0.5, 0.6) is 0 Å². The molecule has 0 saturated heterocycles. The van der Waals surface area contributed by atoms with E-state index in [1.165, 1.54) is 18.2 Å². The fraction of sp³-hybridized carbons (Fsp3) is 0. The number of carbonyl (C=O) groups is 1. The lowest BCUT2D eigenvalue weighted by Gasteiger charge is -2.11. The van der Waals surface area contributed by atoms with Crippen molar-refractivity contribution in [2.75, 3.05) is 5.32 Å². The first kappa shape index (κ1) is 16.3. The summed E-state index contributed by atoms with van der Waals surface area (Å²) >= 11 is 5.98. The van der Waals surface area contributed by atoms with Crippen LogP contribution in [0.15, 0.2) is 73.1 Å². The van der Waals surface area contributed by atoms with Crippen molar-refractivity contribution in [3.05, 3.63) is 89.5 Å². The Kier molecular flexibility index (Phi) is 4.14. The fourth-order valence-corrected chi connectivity index (χ4v) is 3.02. The first-order chi connectivity index (χ1) is 12.6. The Morgan fingerprint density at radius 2 is 1.77 bits per heavy atom. The van der Waals surface area contributed by atoms with E-state index in [2.05, 4.69) is 10.3 Å². The summed E-state index contributed by atoms with van der Waals surface area (Å²) in [7, 11) is 0. The number of amides is 1. The van der Waals surface area contributed by atoms with Gasteiger partial charge in [-0.05, 0) is 42.5 Å². The molecule has 0 spiro atoms. The number of pyridine rings is 1. The van der Waals surface area contributed by atoms with Crippen molar-refractivity contribution in [1.82, 2.24) is 9.55 Å². The van der Waals surface area contributed by atoms with Gasteiger partial charge in [-0.2, -0.15) is 0 Å². The highest BCUT2D eigenvalue weighted by Crippen LogP contribution is 2.25. The maximum Gasteiger partial charge on any atom is 0.260 e. The molecule has 4 aromatic rings. The predicted octanol–water partition coefficient (Wildman–Crippen LogP) is 5.07. The van der Waals surface area contributed by atoms with Crippen LogP contribution in [-0.2, 0) is 0 Å². The molecule has 0 unspecified atom stereocenters. The van der Waals surface area contributed by atoms with Gasteiger partial charge < -0.3 is 9.88 Å². The molecule has 0 aliphatic heterocycles. The Hall–Kier alpha value is -3.18. The molecule has 6 heteroatoms. The van der Waals surface area contributed by atoms with E-state index in [1.807, 2.05) is 47.3 Å². The number of aromatic nitrogens is 2. The van der Waals surface area contributed by atoms with Crippen molar-refractivity contribution in [3.8, 4) is 5.82 Å². The molecule has 0 saturated carbocycles. The summed E-state index contributed by atoms with van der Waals surface area (Å²) in [5, 5.41) is 3.64. The van der Waals surface area contributed by atoms with Crippen LogP contribution in [0.2, 0.25) is 5.02 Å². The molecular weight excluding hydrogens is 353 g/mol. The number of fused-ring (bicyclic) bond motifs is 1. The minimum Gasteiger partial charge on any atom is -0.320 e. The third-order valence-electron chi connectivity index (χ3n) is 4.01. The largest absolute Gasteiger partial charge is 0.320 e. The van der Waals surface area contributed by atoms with E-state index in [0.29, 0.717) is 17.0 Å². The Morgan fingerprint density at radius 1 is 1.00 bits per heavy atom. The van der Waals surface area contributed by atoms with Crippen molar-refractivity contribution in [1.29, 1.82) is 0 Å². The van der Waals surface area contributed by atoms with Crippen LogP contribution in [0, 0.1) is 5.82 Å². The second kappa shape index (κ2) is 6.61. The zero-order valence-corrected chi connectivity index (χ0v) is 14.2. The van der Waals surface area contributed by atoms with Crippen LogP contribution in [0.4, 0.5) is 10.1 Å². The number of hydrogen-bond acceptors (Lipinski definition) is 2. The van der Waals surface area contributed by atoms with Crippen LogP contribution in [0.3, 0.4) is 0 Å². The van der Waals surface area contributed by atoms with Crippen LogP contribution in [0.25, 0.3) is 16.7 Å². The standard InChI is InChI=1S/C20H13ClFN3O/c21-14-6-4-7-15(22)18(14)20(26)23-16-8-3-5-13-9-10-17(24-19(13)16)25-11-1-2-12-25/h1-12H,(H,23,26). The average Bonchev–Trinajstić information content (AvgIpc) is 3.16. The van der Waals surface area contributed by atoms with E-state index in [-0.39, 0.29) is 10.6 Å². The molecule has 0 bridgehead atoms. The highest BCUT2D eigenvalue weighted by atomic mass is 35.5. The molecule has 0 fully saturated rings. The number of rotatable bonds is 3. The molecule has 2 aromatic heterocycles. The van der Waals surface area contributed by atoms with Gasteiger partial charge >= 0.3 is 0 Å². The maximum atomic E-state index is 14.0. The average molecular weight is 366 g/mol. The number of hydrogen-bond donors (Lipinski definition) is 1. The van der Waals surface area contributed by atoms with Gasteiger partial charge in [-0.25, -0.2) is 9.37 Å². The molecule has 1 amide bonds. The Morgan fingerprint density at radius 3 is 2.54 bits per heavy atom. The molecule has 0 aliphatic rings. The molecule has 4 nitrogen and oxygen atoms in total. The Labute approximate surface area is 153 Å². The summed E-state index contributed by atoms with van der Waals surface area (Å²) in [5.74, 6) is -0.571. The summed E-state index contributed by atoms with van der Waals surface area (Å²) in [6.45, 7) is 0. The van der Waals surface area contributed by atoms with Gasteiger partial charge in [0.25, 0.3) is 5.91 Å². The Balaban J connectivity index is 1.76. The van der Waals surface area contributed by atoms with Crippen molar-refractivity contribution in [3.63, 3.8) is 0 Å². The molecule has 2 heterocycles. The first-order valence-corrected chi connectivity index (χ1v) is 8.30. The van der Waals surface area contributed by atoms with Crippen molar-refractivity contribution >= 4 is 34.1 Å². The molecule has 4 rings (SSSR count). The lowest BCUT2D eigenvalue weighted by Crippen LogP contribution is -2.15. The normalized spacial score (nSPS) is 10.8. The number of carbonyl (C=O) groups excluding carboxylic acids is 1. The quantitative estimate of drug-likeness (QED) is 0.551. The number of para-hydroxylation sites is 1. The lowest BCUT2D eigenvalue weighted by molar-refractivity contribution is 0.102.